The van der Waals surface area contributed by atoms with Crippen LogP contribution in [0.15, 0.2) is 12.3 Å². The van der Waals surface area contributed by atoms with Crippen molar-refractivity contribution in [3.63, 3.8) is 0 Å². The molecule has 0 unspecified atom stereocenters. The first-order chi connectivity index (χ1) is 8.41. The number of pyridine rings is 1. The first-order valence-corrected chi connectivity index (χ1v) is 6.81. The van der Waals surface area contributed by atoms with Gasteiger partial charge in [0.05, 0.1) is 0 Å². The zero-order valence-electron chi connectivity index (χ0n) is 12.6. The van der Waals surface area contributed by atoms with Crippen molar-refractivity contribution in [1.29, 1.82) is 0 Å². The Balaban J connectivity index is 2.83. The van der Waals surface area contributed by atoms with Crippen LogP contribution in [0.3, 0.4) is 0 Å². The maximum Gasteiger partial charge on any atom is 0.0445 e. The number of nitrogens with zero attached hydrogens (tertiary/aromatic N) is 2. The first-order valence-electron chi connectivity index (χ1n) is 6.81. The van der Waals surface area contributed by atoms with Gasteiger partial charge in [-0.25, -0.2) is 0 Å². The van der Waals surface area contributed by atoms with Crippen molar-refractivity contribution in [1.82, 2.24) is 10.3 Å². The molecule has 0 aliphatic heterocycles. The van der Waals surface area contributed by atoms with Crippen molar-refractivity contribution in [2.45, 2.75) is 47.2 Å². The van der Waals surface area contributed by atoms with Gasteiger partial charge in [0.15, 0.2) is 0 Å². The Hall–Kier alpha value is -1.09. The Kier molecular flexibility index (Phi) is 5.60. The quantitative estimate of drug-likeness (QED) is 0.840. The monoisotopic (exact) mass is 249 g/mol. The van der Waals surface area contributed by atoms with E-state index in [-0.39, 0.29) is 0 Å². The molecule has 3 heteroatoms. The van der Waals surface area contributed by atoms with E-state index in [9.17, 15) is 0 Å². The minimum absolute atomic E-state index is 0.496. The van der Waals surface area contributed by atoms with Crippen LogP contribution >= 0.6 is 0 Å². The van der Waals surface area contributed by atoms with Crippen LogP contribution in [0.4, 0.5) is 5.69 Å². The van der Waals surface area contributed by atoms with E-state index in [0.717, 1.165) is 18.8 Å². The number of aromatic nitrogens is 1. The van der Waals surface area contributed by atoms with E-state index < -0.39 is 0 Å². The second-order valence-corrected chi connectivity index (χ2v) is 5.68. The molecule has 0 saturated heterocycles. The van der Waals surface area contributed by atoms with E-state index in [4.69, 9.17) is 0 Å². The molecule has 0 saturated carbocycles. The molecular weight excluding hydrogens is 222 g/mol. The van der Waals surface area contributed by atoms with Crippen LogP contribution < -0.4 is 10.2 Å². The summed E-state index contributed by atoms with van der Waals surface area (Å²) in [6.07, 6.45) is 2.00. The Morgan fingerprint density at radius 1 is 1.28 bits per heavy atom. The topological polar surface area (TPSA) is 28.2 Å². The molecule has 1 rings (SSSR count). The molecule has 0 fully saturated rings. The van der Waals surface area contributed by atoms with Gasteiger partial charge in [0.1, 0.15) is 0 Å². The number of hydrogen-bond donors (Lipinski definition) is 1. The van der Waals surface area contributed by atoms with Crippen molar-refractivity contribution in [3.05, 3.63) is 23.5 Å². The van der Waals surface area contributed by atoms with E-state index in [1.165, 1.54) is 11.3 Å². The summed E-state index contributed by atoms with van der Waals surface area (Å²) in [5.41, 5.74) is 3.64. The minimum atomic E-state index is 0.496. The van der Waals surface area contributed by atoms with Gasteiger partial charge in [-0.15, -0.1) is 0 Å². The lowest BCUT2D eigenvalue weighted by Gasteiger charge is -2.26. The second kappa shape index (κ2) is 6.74. The van der Waals surface area contributed by atoms with Gasteiger partial charge in [-0.05, 0) is 39.3 Å². The minimum Gasteiger partial charge on any atom is -0.372 e. The van der Waals surface area contributed by atoms with E-state index in [1.807, 2.05) is 13.1 Å². The van der Waals surface area contributed by atoms with Crippen molar-refractivity contribution in [2.75, 3.05) is 18.5 Å². The molecule has 1 aromatic rings. The Morgan fingerprint density at radius 3 is 2.50 bits per heavy atom. The molecule has 1 N–H and O–H groups in total. The molecule has 0 aliphatic rings. The molecule has 0 bridgehead atoms. The van der Waals surface area contributed by atoms with Gasteiger partial charge in [-0.3, -0.25) is 4.98 Å². The van der Waals surface area contributed by atoms with Gasteiger partial charge in [-0.2, -0.15) is 0 Å². The molecule has 0 spiro atoms. The smallest absolute Gasteiger partial charge is 0.0445 e. The summed E-state index contributed by atoms with van der Waals surface area (Å²) in [5.74, 6) is 0.676. The van der Waals surface area contributed by atoms with Gasteiger partial charge in [0.2, 0.25) is 0 Å². The third-order valence-electron chi connectivity index (χ3n) is 3.12. The summed E-state index contributed by atoms with van der Waals surface area (Å²) < 4.78 is 0. The molecule has 18 heavy (non-hydrogen) atoms. The SMILES string of the molecule is Cc1cc(N(C)C(C)C)c(CNCC(C)C)cn1. The van der Waals surface area contributed by atoms with Crippen LogP contribution in [0.2, 0.25) is 0 Å². The molecule has 3 nitrogen and oxygen atoms in total. The van der Waals surface area contributed by atoms with Crippen LogP contribution in [0.1, 0.15) is 39.0 Å². The highest BCUT2D eigenvalue weighted by Gasteiger charge is 2.11. The normalized spacial score (nSPS) is 11.3. The van der Waals surface area contributed by atoms with Gasteiger partial charge in [0.25, 0.3) is 0 Å². The third kappa shape index (κ3) is 4.30. The maximum absolute atomic E-state index is 4.41. The summed E-state index contributed by atoms with van der Waals surface area (Å²) in [7, 11) is 2.14. The number of hydrogen-bond acceptors (Lipinski definition) is 3. The van der Waals surface area contributed by atoms with E-state index in [1.54, 1.807) is 0 Å². The average Bonchev–Trinajstić information content (AvgIpc) is 2.29. The Labute approximate surface area is 112 Å². The van der Waals surface area contributed by atoms with Gasteiger partial charge in [0, 0.05) is 42.8 Å². The van der Waals surface area contributed by atoms with Crippen LogP contribution in [0.25, 0.3) is 0 Å². The summed E-state index contributed by atoms with van der Waals surface area (Å²) >= 11 is 0. The van der Waals surface area contributed by atoms with Crippen LogP contribution in [0, 0.1) is 12.8 Å². The fourth-order valence-corrected chi connectivity index (χ4v) is 1.81. The van der Waals surface area contributed by atoms with Gasteiger partial charge in [-0.1, -0.05) is 13.8 Å². The van der Waals surface area contributed by atoms with Crippen molar-refractivity contribution in [3.8, 4) is 0 Å². The number of rotatable bonds is 6. The summed E-state index contributed by atoms with van der Waals surface area (Å²) in [4.78, 5) is 6.72. The average molecular weight is 249 g/mol. The summed E-state index contributed by atoms with van der Waals surface area (Å²) in [6, 6.07) is 2.67. The Bertz CT molecular complexity index is 372. The Morgan fingerprint density at radius 2 is 1.94 bits per heavy atom. The van der Waals surface area contributed by atoms with Crippen molar-refractivity contribution in [2.24, 2.45) is 5.92 Å². The van der Waals surface area contributed by atoms with E-state index in [2.05, 4.69) is 56.0 Å². The highest BCUT2D eigenvalue weighted by Crippen LogP contribution is 2.21. The van der Waals surface area contributed by atoms with Gasteiger partial charge >= 0.3 is 0 Å². The van der Waals surface area contributed by atoms with Crippen LogP contribution in [-0.2, 0) is 6.54 Å². The third-order valence-corrected chi connectivity index (χ3v) is 3.12. The second-order valence-electron chi connectivity index (χ2n) is 5.68. The lowest BCUT2D eigenvalue weighted by molar-refractivity contribution is 0.551. The molecule has 1 heterocycles. The number of anilines is 1. The summed E-state index contributed by atoms with van der Waals surface area (Å²) in [6.45, 7) is 12.8. The van der Waals surface area contributed by atoms with Crippen molar-refractivity contribution >= 4 is 5.69 Å². The zero-order valence-corrected chi connectivity index (χ0v) is 12.6. The lowest BCUT2D eigenvalue weighted by atomic mass is 10.1. The molecule has 0 atom stereocenters. The molecule has 102 valence electrons. The fourth-order valence-electron chi connectivity index (χ4n) is 1.81. The lowest BCUT2D eigenvalue weighted by Crippen LogP contribution is -2.28. The molecular formula is C15H27N3. The molecule has 0 aliphatic carbocycles. The standard InChI is InChI=1S/C15H27N3/c1-11(2)8-16-9-14-10-17-13(5)7-15(14)18(6)12(3)4/h7,10-12,16H,8-9H2,1-6H3. The van der Waals surface area contributed by atoms with E-state index >= 15 is 0 Å². The predicted octanol–water partition coefficient (Wildman–Crippen LogP) is 2.98. The highest BCUT2D eigenvalue weighted by atomic mass is 15.1. The fraction of sp³-hybridized carbons (Fsp3) is 0.667. The first kappa shape index (κ1) is 15.0. The zero-order chi connectivity index (χ0) is 13.7. The molecule has 0 radical (unpaired) electrons. The summed E-state index contributed by atoms with van der Waals surface area (Å²) in [5, 5.41) is 3.49. The number of aryl methyl sites for hydroxylation is 1. The van der Waals surface area contributed by atoms with Crippen LogP contribution in [-0.4, -0.2) is 24.6 Å². The highest BCUT2D eigenvalue weighted by molar-refractivity contribution is 5.53. The van der Waals surface area contributed by atoms with Crippen molar-refractivity contribution < 1.29 is 0 Å². The molecule has 0 aromatic carbocycles. The molecule has 1 aromatic heterocycles. The van der Waals surface area contributed by atoms with Crippen LogP contribution in [0.5, 0.6) is 0 Å². The molecule has 0 amide bonds. The largest absolute Gasteiger partial charge is 0.372 e. The number of nitrogens with one attached hydrogen (secondary N) is 1. The predicted molar refractivity (Wildman–Crippen MR) is 79.1 cm³/mol. The maximum atomic E-state index is 4.41. The van der Waals surface area contributed by atoms with Gasteiger partial charge < -0.3 is 10.2 Å². The van der Waals surface area contributed by atoms with E-state index in [0.29, 0.717) is 12.0 Å².